The maximum Gasteiger partial charge on any atom is 0.312 e. The summed E-state index contributed by atoms with van der Waals surface area (Å²) in [6.07, 6.45) is 1.68. The highest BCUT2D eigenvalue weighted by atomic mass is 16.5. The molecule has 6 nitrogen and oxygen atoms in total. The van der Waals surface area contributed by atoms with Crippen LogP contribution in [-0.4, -0.2) is 41.9 Å². The molecule has 1 aromatic heterocycles. The Morgan fingerprint density at radius 2 is 1.93 bits per heavy atom. The Balaban J connectivity index is 1.84. The zero-order chi connectivity index (χ0) is 21.3. The molecule has 0 saturated carbocycles. The molecular formula is C24H27N3O3. The first-order valence-corrected chi connectivity index (χ1v) is 10.4. The summed E-state index contributed by atoms with van der Waals surface area (Å²) in [5.74, 6) is -0.319. The van der Waals surface area contributed by atoms with Crippen molar-refractivity contribution in [1.82, 2.24) is 15.2 Å². The minimum Gasteiger partial charge on any atom is -0.497 e. The van der Waals surface area contributed by atoms with Gasteiger partial charge in [0, 0.05) is 29.7 Å². The van der Waals surface area contributed by atoms with E-state index in [-0.39, 0.29) is 6.04 Å². The normalized spacial score (nSPS) is 15.7. The van der Waals surface area contributed by atoms with Crippen LogP contribution in [0.2, 0.25) is 0 Å². The van der Waals surface area contributed by atoms with Crippen molar-refractivity contribution in [3.8, 4) is 5.75 Å². The number of hydrogen-bond acceptors (Lipinski definition) is 3. The number of aryl methyl sites for hydroxylation is 1. The molecule has 0 fully saturated rings. The SMILES string of the molecule is CCNC(=O)C(=O)N1CCc2c([nH]c3ccc(CC)cc23)C1c1ccc(OC)cc1. The number of fused-ring (bicyclic) bond motifs is 3. The molecule has 2 N–H and O–H groups in total. The van der Waals surface area contributed by atoms with E-state index in [1.165, 1.54) is 16.5 Å². The van der Waals surface area contributed by atoms with Crippen molar-refractivity contribution in [3.05, 3.63) is 64.8 Å². The van der Waals surface area contributed by atoms with Crippen LogP contribution in [0.1, 0.15) is 42.3 Å². The van der Waals surface area contributed by atoms with Crippen LogP contribution in [0.5, 0.6) is 5.75 Å². The Morgan fingerprint density at radius 1 is 1.17 bits per heavy atom. The van der Waals surface area contributed by atoms with Gasteiger partial charge in [-0.25, -0.2) is 0 Å². The van der Waals surface area contributed by atoms with Gasteiger partial charge in [0.05, 0.1) is 13.2 Å². The smallest absolute Gasteiger partial charge is 0.312 e. The van der Waals surface area contributed by atoms with E-state index in [9.17, 15) is 9.59 Å². The van der Waals surface area contributed by atoms with Gasteiger partial charge in [-0.05, 0) is 60.7 Å². The first-order valence-electron chi connectivity index (χ1n) is 10.4. The quantitative estimate of drug-likeness (QED) is 0.654. The average molecular weight is 405 g/mol. The fraction of sp³-hybridized carbons (Fsp3) is 0.333. The molecule has 2 amide bonds. The van der Waals surface area contributed by atoms with Crippen molar-refractivity contribution in [3.63, 3.8) is 0 Å². The first-order chi connectivity index (χ1) is 14.6. The summed E-state index contributed by atoms with van der Waals surface area (Å²) >= 11 is 0. The second-order valence-electron chi connectivity index (χ2n) is 7.53. The Kier molecular flexibility index (Phi) is 5.48. The minimum atomic E-state index is -0.566. The predicted octanol–water partition coefficient (Wildman–Crippen LogP) is 3.35. The summed E-state index contributed by atoms with van der Waals surface area (Å²) in [5.41, 5.74) is 5.49. The van der Waals surface area contributed by atoms with E-state index in [0.29, 0.717) is 19.5 Å². The average Bonchev–Trinajstić information content (AvgIpc) is 3.16. The summed E-state index contributed by atoms with van der Waals surface area (Å²) in [4.78, 5) is 30.6. The number of benzene rings is 2. The van der Waals surface area contributed by atoms with Gasteiger partial charge in [0.1, 0.15) is 5.75 Å². The number of nitrogens with zero attached hydrogens (tertiary/aromatic N) is 1. The molecule has 2 aromatic carbocycles. The van der Waals surface area contributed by atoms with Gasteiger partial charge in [-0.15, -0.1) is 0 Å². The van der Waals surface area contributed by atoms with Gasteiger partial charge in [0.15, 0.2) is 0 Å². The molecule has 2 heterocycles. The van der Waals surface area contributed by atoms with E-state index in [4.69, 9.17) is 4.74 Å². The van der Waals surface area contributed by atoms with Crippen molar-refractivity contribution >= 4 is 22.7 Å². The standard InChI is InChI=1S/C24H27N3O3/c1-4-15-6-11-20-19(14-15)18-12-13-27(24(29)23(28)25-5-2)22(21(18)26-20)16-7-9-17(30-3)10-8-16/h6-11,14,22,26H,4-5,12-13H2,1-3H3,(H,25,28). The molecule has 0 aliphatic carbocycles. The van der Waals surface area contributed by atoms with E-state index in [2.05, 4.69) is 35.4 Å². The van der Waals surface area contributed by atoms with Gasteiger partial charge in [-0.1, -0.05) is 25.1 Å². The lowest BCUT2D eigenvalue weighted by molar-refractivity contribution is -0.147. The molecule has 156 valence electrons. The lowest BCUT2D eigenvalue weighted by Crippen LogP contribution is -2.47. The molecule has 0 saturated heterocycles. The second-order valence-corrected chi connectivity index (χ2v) is 7.53. The number of ether oxygens (including phenoxy) is 1. The van der Waals surface area contributed by atoms with Crippen LogP contribution in [-0.2, 0) is 22.4 Å². The summed E-state index contributed by atoms with van der Waals surface area (Å²) in [6, 6.07) is 13.8. The third-order valence-corrected chi connectivity index (χ3v) is 5.82. The number of carbonyl (C=O) groups excluding carboxylic acids is 2. The van der Waals surface area contributed by atoms with Crippen LogP contribution in [0, 0.1) is 0 Å². The van der Waals surface area contributed by atoms with Crippen molar-refractivity contribution in [2.45, 2.75) is 32.7 Å². The highest BCUT2D eigenvalue weighted by Crippen LogP contribution is 2.39. The molecule has 1 unspecified atom stereocenters. The Hall–Kier alpha value is -3.28. The molecule has 3 aromatic rings. The third kappa shape index (κ3) is 3.43. The molecule has 0 radical (unpaired) electrons. The summed E-state index contributed by atoms with van der Waals surface area (Å²) < 4.78 is 5.29. The zero-order valence-electron chi connectivity index (χ0n) is 17.6. The zero-order valence-corrected chi connectivity index (χ0v) is 17.6. The van der Waals surface area contributed by atoms with E-state index in [0.717, 1.165) is 28.9 Å². The second kappa shape index (κ2) is 8.22. The highest BCUT2D eigenvalue weighted by molar-refractivity contribution is 6.35. The molecule has 6 heteroatoms. The fourth-order valence-electron chi connectivity index (χ4n) is 4.27. The molecule has 30 heavy (non-hydrogen) atoms. The number of amides is 2. The third-order valence-electron chi connectivity index (χ3n) is 5.82. The number of aromatic nitrogens is 1. The summed E-state index contributed by atoms with van der Waals surface area (Å²) in [7, 11) is 1.63. The van der Waals surface area contributed by atoms with Crippen molar-refractivity contribution in [1.29, 1.82) is 0 Å². The Labute approximate surface area is 176 Å². The minimum absolute atomic E-state index is 0.354. The number of carbonyl (C=O) groups is 2. The van der Waals surface area contributed by atoms with Gasteiger partial charge >= 0.3 is 11.8 Å². The maximum absolute atomic E-state index is 13.0. The molecular weight excluding hydrogens is 378 g/mol. The molecule has 1 atom stereocenters. The van der Waals surface area contributed by atoms with Gasteiger partial charge in [-0.3, -0.25) is 9.59 Å². The van der Waals surface area contributed by atoms with Gasteiger partial charge in [-0.2, -0.15) is 0 Å². The van der Waals surface area contributed by atoms with E-state index >= 15 is 0 Å². The van der Waals surface area contributed by atoms with Gasteiger partial charge in [0.25, 0.3) is 0 Å². The largest absolute Gasteiger partial charge is 0.497 e. The topological polar surface area (TPSA) is 74.4 Å². The van der Waals surface area contributed by atoms with Crippen LogP contribution in [0.25, 0.3) is 10.9 Å². The molecule has 0 bridgehead atoms. The Morgan fingerprint density at radius 3 is 2.60 bits per heavy atom. The highest BCUT2D eigenvalue weighted by Gasteiger charge is 2.36. The molecule has 1 aliphatic rings. The maximum atomic E-state index is 13.0. The first kappa shape index (κ1) is 20.0. The monoisotopic (exact) mass is 405 g/mol. The van der Waals surface area contributed by atoms with Crippen LogP contribution in [0.3, 0.4) is 0 Å². The van der Waals surface area contributed by atoms with Crippen LogP contribution >= 0.6 is 0 Å². The van der Waals surface area contributed by atoms with Crippen LogP contribution in [0.4, 0.5) is 0 Å². The predicted molar refractivity (Wildman–Crippen MR) is 117 cm³/mol. The van der Waals surface area contributed by atoms with Gasteiger partial charge in [0.2, 0.25) is 0 Å². The van der Waals surface area contributed by atoms with Crippen molar-refractivity contribution in [2.24, 2.45) is 0 Å². The van der Waals surface area contributed by atoms with E-state index < -0.39 is 11.8 Å². The van der Waals surface area contributed by atoms with E-state index in [1.807, 2.05) is 31.2 Å². The fourth-order valence-corrected chi connectivity index (χ4v) is 4.27. The number of H-pyrrole nitrogens is 1. The number of hydrogen-bond donors (Lipinski definition) is 2. The molecule has 4 rings (SSSR count). The van der Waals surface area contributed by atoms with Crippen molar-refractivity contribution in [2.75, 3.05) is 20.2 Å². The lowest BCUT2D eigenvalue weighted by atomic mass is 9.91. The Bertz CT molecular complexity index is 1090. The number of likely N-dealkylation sites (N-methyl/N-ethyl adjacent to an activating group) is 1. The molecule has 1 aliphatic heterocycles. The van der Waals surface area contributed by atoms with Crippen LogP contribution in [0.15, 0.2) is 42.5 Å². The number of methoxy groups -OCH3 is 1. The molecule has 0 spiro atoms. The van der Waals surface area contributed by atoms with E-state index in [1.54, 1.807) is 12.0 Å². The van der Waals surface area contributed by atoms with Crippen molar-refractivity contribution < 1.29 is 14.3 Å². The van der Waals surface area contributed by atoms with Crippen LogP contribution < -0.4 is 10.1 Å². The lowest BCUT2D eigenvalue weighted by Gasteiger charge is -2.35. The summed E-state index contributed by atoms with van der Waals surface area (Å²) in [5, 5.41) is 3.84. The van der Waals surface area contributed by atoms with Gasteiger partial charge < -0.3 is 19.9 Å². The number of rotatable bonds is 4. The number of aromatic amines is 1. The summed E-state index contributed by atoms with van der Waals surface area (Å²) in [6.45, 7) is 4.86. The number of nitrogens with one attached hydrogen (secondary N) is 2.